The third-order valence-electron chi connectivity index (χ3n) is 4.66. The van der Waals surface area contributed by atoms with Gasteiger partial charge in [-0.05, 0) is 61.4 Å². The van der Waals surface area contributed by atoms with Crippen LogP contribution < -0.4 is 5.32 Å². The van der Waals surface area contributed by atoms with Crippen LogP contribution in [0.3, 0.4) is 0 Å². The zero-order valence-electron chi connectivity index (χ0n) is 15.7. The molecule has 0 saturated carbocycles. The highest BCUT2D eigenvalue weighted by molar-refractivity contribution is 6.04. The predicted molar refractivity (Wildman–Crippen MR) is 110 cm³/mol. The molecule has 0 saturated heterocycles. The molecule has 2 N–H and O–H groups in total. The third kappa shape index (κ3) is 3.47. The Morgan fingerprint density at radius 1 is 1.07 bits per heavy atom. The number of hydrogen-bond donors (Lipinski definition) is 2. The Morgan fingerprint density at radius 3 is 2.61 bits per heavy atom. The maximum absolute atomic E-state index is 12.5. The van der Waals surface area contributed by atoms with E-state index in [0.29, 0.717) is 28.3 Å². The number of nitrogens with zero attached hydrogens (tertiary/aromatic N) is 1. The van der Waals surface area contributed by atoms with Crippen molar-refractivity contribution in [3.63, 3.8) is 0 Å². The Hall–Kier alpha value is -3.60. The zero-order valence-corrected chi connectivity index (χ0v) is 15.7. The third-order valence-corrected chi connectivity index (χ3v) is 4.66. The number of hydrogen-bond acceptors (Lipinski definition) is 4. The van der Waals surface area contributed by atoms with Gasteiger partial charge in [-0.15, -0.1) is 0 Å². The molecule has 140 valence electrons. The maximum atomic E-state index is 12.5. The van der Waals surface area contributed by atoms with Crippen LogP contribution in [-0.2, 0) is 6.42 Å². The van der Waals surface area contributed by atoms with Crippen molar-refractivity contribution in [1.29, 1.82) is 0 Å². The van der Waals surface area contributed by atoms with Crippen molar-refractivity contribution in [2.45, 2.75) is 20.3 Å². The molecule has 0 radical (unpaired) electrons. The molecule has 0 unspecified atom stereocenters. The van der Waals surface area contributed by atoms with Crippen molar-refractivity contribution in [3.8, 4) is 17.2 Å². The second kappa shape index (κ2) is 7.19. The summed E-state index contributed by atoms with van der Waals surface area (Å²) in [7, 11) is 0. The van der Waals surface area contributed by atoms with E-state index in [1.165, 1.54) is 6.07 Å². The molecule has 0 aliphatic heterocycles. The molecule has 1 amide bonds. The van der Waals surface area contributed by atoms with E-state index >= 15 is 0 Å². The average Bonchev–Trinajstić information content (AvgIpc) is 3.12. The largest absolute Gasteiger partial charge is 0.507 e. The number of aryl methyl sites for hydroxylation is 2. The number of benzene rings is 3. The molecular weight excluding hydrogens is 352 g/mol. The molecule has 5 heteroatoms. The number of carbonyl (C=O) groups excluding carboxylic acids is 1. The van der Waals surface area contributed by atoms with Crippen LogP contribution in [0.25, 0.3) is 22.6 Å². The van der Waals surface area contributed by atoms with E-state index < -0.39 is 0 Å². The Bertz CT molecular complexity index is 1160. The predicted octanol–water partition coefficient (Wildman–Crippen LogP) is 5.32. The highest BCUT2D eigenvalue weighted by atomic mass is 16.3. The minimum atomic E-state index is -0.221. The van der Waals surface area contributed by atoms with Gasteiger partial charge in [0.15, 0.2) is 5.58 Å². The molecule has 5 nitrogen and oxygen atoms in total. The summed E-state index contributed by atoms with van der Waals surface area (Å²) in [4.78, 5) is 17.0. The van der Waals surface area contributed by atoms with Crippen molar-refractivity contribution in [2.24, 2.45) is 0 Å². The number of phenolic OH excluding ortho intramolecular Hbond substituents is 1. The van der Waals surface area contributed by atoms with Crippen molar-refractivity contribution in [1.82, 2.24) is 4.98 Å². The Balaban J connectivity index is 1.65. The number of anilines is 1. The SMILES string of the molecule is CCc1ccc2oc(-c3cc(NC(=O)c4ccc(C)cc4)ccc3O)nc2c1. The van der Waals surface area contributed by atoms with Gasteiger partial charge in [0.1, 0.15) is 11.3 Å². The molecule has 28 heavy (non-hydrogen) atoms. The van der Waals surface area contributed by atoms with Crippen LogP contribution in [0.4, 0.5) is 5.69 Å². The van der Waals surface area contributed by atoms with E-state index in [2.05, 4.69) is 17.2 Å². The number of nitrogens with one attached hydrogen (secondary N) is 1. The van der Waals surface area contributed by atoms with Gasteiger partial charge < -0.3 is 14.8 Å². The van der Waals surface area contributed by atoms with E-state index in [9.17, 15) is 9.90 Å². The van der Waals surface area contributed by atoms with Gasteiger partial charge in [0.05, 0.1) is 5.56 Å². The minimum absolute atomic E-state index is 0.0376. The Labute approximate surface area is 162 Å². The molecular formula is C23H20N2O3. The molecule has 0 aliphatic rings. The topological polar surface area (TPSA) is 75.4 Å². The van der Waals surface area contributed by atoms with E-state index in [1.807, 2.05) is 37.3 Å². The highest BCUT2D eigenvalue weighted by Crippen LogP contribution is 2.33. The van der Waals surface area contributed by atoms with E-state index in [-0.39, 0.29) is 11.7 Å². The Kier molecular flexibility index (Phi) is 4.57. The second-order valence-corrected chi connectivity index (χ2v) is 6.73. The summed E-state index contributed by atoms with van der Waals surface area (Å²) < 4.78 is 5.81. The summed E-state index contributed by atoms with van der Waals surface area (Å²) in [6, 6.07) is 18.0. The second-order valence-electron chi connectivity index (χ2n) is 6.73. The van der Waals surface area contributed by atoms with Gasteiger partial charge in [-0.25, -0.2) is 4.98 Å². The summed E-state index contributed by atoms with van der Waals surface area (Å²) in [5, 5.41) is 13.1. The molecule has 4 rings (SSSR count). The first-order valence-corrected chi connectivity index (χ1v) is 9.14. The monoisotopic (exact) mass is 372 g/mol. The van der Waals surface area contributed by atoms with Gasteiger partial charge in [-0.2, -0.15) is 0 Å². The average molecular weight is 372 g/mol. The first-order chi connectivity index (χ1) is 13.5. The molecule has 0 bridgehead atoms. The summed E-state index contributed by atoms with van der Waals surface area (Å²) in [6.45, 7) is 4.05. The molecule has 3 aromatic carbocycles. The van der Waals surface area contributed by atoms with Gasteiger partial charge >= 0.3 is 0 Å². The van der Waals surface area contributed by atoms with E-state index in [4.69, 9.17) is 4.42 Å². The molecule has 1 aromatic heterocycles. The molecule has 0 aliphatic carbocycles. The number of oxazole rings is 1. The standard InChI is InChI=1S/C23H20N2O3/c1-3-15-6-11-21-19(12-15)25-23(28-21)18-13-17(9-10-20(18)26)24-22(27)16-7-4-14(2)5-8-16/h4-13,26H,3H2,1-2H3,(H,24,27). The lowest BCUT2D eigenvalue weighted by molar-refractivity contribution is 0.102. The van der Waals surface area contributed by atoms with Crippen LogP contribution in [0.15, 0.2) is 65.1 Å². The lowest BCUT2D eigenvalue weighted by Crippen LogP contribution is -2.11. The summed E-state index contributed by atoms with van der Waals surface area (Å²) in [5.41, 5.74) is 5.19. The fourth-order valence-corrected chi connectivity index (χ4v) is 3.00. The quantitative estimate of drug-likeness (QED) is 0.475. The Morgan fingerprint density at radius 2 is 1.86 bits per heavy atom. The van der Waals surface area contributed by atoms with Gasteiger partial charge in [-0.1, -0.05) is 30.7 Å². The van der Waals surface area contributed by atoms with Gasteiger partial charge in [-0.3, -0.25) is 4.79 Å². The molecule has 0 fully saturated rings. The molecule has 0 spiro atoms. The van der Waals surface area contributed by atoms with Crippen LogP contribution in [-0.4, -0.2) is 16.0 Å². The van der Waals surface area contributed by atoms with Crippen LogP contribution in [0, 0.1) is 6.92 Å². The summed E-state index contributed by atoms with van der Waals surface area (Å²) >= 11 is 0. The van der Waals surface area contributed by atoms with E-state index in [1.54, 1.807) is 24.3 Å². The lowest BCUT2D eigenvalue weighted by atomic mass is 10.1. The fraction of sp³-hybridized carbons (Fsp3) is 0.130. The number of aromatic nitrogens is 1. The van der Waals surface area contributed by atoms with Gasteiger partial charge in [0, 0.05) is 11.3 Å². The molecule has 1 heterocycles. The molecule has 0 atom stereocenters. The highest BCUT2D eigenvalue weighted by Gasteiger charge is 2.15. The minimum Gasteiger partial charge on any atom is -0.507 e. The fourth-order valence-electron chi connectivity index (χ4n) is 3.00. The first-order valence-electron chi connectivity index (χ1n) is 9.14. The lowest BCUT2D eigenvalue weighted by Gasteiger charge is -2.08. The zero-order chi connectivity index (χ0) is 19.7. The summed E-state index contributed by atoms with van der Waals surface area (Å²) in [6.07, 6.45) is 0.907. The maximum Gasteiger partial charge on any atom is 0.255 e. The number of phenols is 1. The van der Waals surface area contributed by atoms with Crippen molar-refractivity contribution in [3.05, 3.63) is 77.4 Å². The molecule has 4 aromatic rings. The van der Waals surface area contributed by atoms with Crippen LogP contribution in [0.2, 0.25) is 0 Å². The normalized spacial score (nSPS) is 10.9. The summed E-state index contributed by atoms with van der Waals surface area (Å²) in [5.74, 6) is 0.129. The number of amides is 1. The van der Waals surface area contributed by atoms with Gasteiger partial charge in [0.25, 0.3) is 5.91 Å². The number of rotatable bonds is 4. The smallest absolute Gasteiger partial charge is 0.255 e. The van der Waals surface area contributed by atoms with Crippen LogP contribution in [0.1, 0.15) is 28.4 Å². The number of aromatic hydroxyl groups is 1. The van der Waals surface area contributed by atoms with Crippen molar-refractivity contribution in [2.75, 3.05) is 5.32 Å². The van der Waals surface area contributed by atoms with Crippen LogP contribution in [0.5, 0.6) is 5.75 Å². The number of fused-ring (bicyclic) bond motifs is 1. The van der Waals surface area contributed by atoms with Crippen molar-refractivity contribution >= 4 is 22.7 Å². The van der Waals surface area contributed by atoms with Crippen LogP contribution >= 0.6 is 0 Å². The van der Waals surface area contributed by atoms with Gasteiger partial charge in [0.2, 0.25) is 5.89 Å². The first kappa shape index (κ1) is 17.8. The van der Waals surface area contributed by atoms with Crippen molar-refractivity contribution < 1.29 is 14.3 Å². The number of carbonyl (C=O) groups is 1. The van der Waals surface area contributed by atoms with E-state index in [0.717, 1.165) is 23.1 Å².